The highest BCUT2D eigenvalue weighted by Gasteiger charge is 2.10. The number of urea groups is 1. The van der Waals surface area contributed by atoms with Crippen LogP contribution in [-0.4, -0.2) is 28.2 Å². The molecule has 1 aromatic heterocycles. The first-order valence-electron chi connectivity index (χ1n) is 10.8. The van der Waals surface area contributed by atoms with E-state index in [0.29, 0.717) is 28.8 Å². The Morgan fingerprint density at radius 3 is 2.38 bits per heavy atom. The van der Waals surface area contributed by atoms with Gasteiger partial charge in [-0.25, -0.2) is 19.0 Å². The Labute approximate surface area is 209 Å². The minimum atomic E-state index is -0.895. The van der Waals surface area contributed by atoms with Crippen LogP contribution in [0.2, 0.25) is 0 Å². The van der Waals surface area contributed by atoms with Crippen molar-refractivity contribution in [1.29, 1.82) is 0 Å². The van der Waals surface area contributed by atoms with Gasteiger partial charge in [0.15, 0.2) is 0 Å². The maximum Gasteiger partial charge on any atom is 0.323 e. The summed E-state index contributed by atoms with van der Waals surface area (Å²) in [7, 11) is 0. The lowest BCUT2D eigenvalue weighted by molar-refractivity contribution is 0.0949. The highest BCUT2D eigenvalue weighted by atomic mass is 19.1. The first kappa shape index (κ1) is 24.8. The predicted octanol–water partition coefficient (Wildman–Crippen LogP) is 5.27. The lowest BCUT2D eigenvalue weighted by atomic mass is 10.2. The summed E-state index contributed by atoms with van der Waals surface area (Å²) >= 11 is 0. The van der Waals surface area contributed by atoms with Crippen LogP contribution >= 0.6 is 0 Å². The number of phenols is 1. The molecule has 4 aromatic rings. The third-order valence-electron chi connectivity index (χ3n) is 4.76. The Morgan fingerprint density at radius 1 is 0.892 bits per heavy atom. The molecule has 0 radical (unpaired) electrons. The molecule has 0 aliphatic heterocycles. The van der Waals surface area contributed by atoms with Gasteiger partial charge in [-0.15, -0.1) is 0 Å². The number of benzene rings is 3. The molecular weight excluding hydrogens is 484 g/mol. The normalized spacial score (nSPS) is 10.6. The first-order valence-corrected chi connectivity index (χ1v) is 10.8. The molecule has 4 rings (SSSR count). The van der Waals surface area contributed by atoms with Gasteiger partial charge >= 0.3 is 6.03 Å². The molecular formula is C26H19F2N5O4. The highest BCUT2D eigenvalue weighted by Crippen LogP contribution is 2.23. The summed E-state index contributed by atoms with van der Waals surface area (Å²) < 4.78 is 32.4. The molecule has 0 fully saturated rings. The number of hydrogen-bond donors (Lipinski definition) is 4. The average molecular weight is 503 g/mol. The monoisotopic (exact) mass is 503 g/mol. The van der Waals surface area contributed by atoms with E-state index >= 15 is 0 Å². The van der Waals surface area contributed by atoms with Crippen molar-refractivity contribution in [3.05, 3.63) is 108 Å². The highest BCUT2D eigenvalue weighted by molar-refractivity contribution is 5.99. The molecule has 4 N–H and O–H groups in total. The number of carbonyl (C=O) groups excluding carboxylic acids is 2. The molecule has 1 heterocycles. The largest absolute Gasteiger partial charge is 0.508 e. The van der Waals surface area contributed by atoms with Crippen LogP contribution in [0.1, 0.15) is 16.1 Å². The standard InChI is InChI=1S/C26H19F2N5O4/c27-17-3-10-23(22(28)13-17)32-26(36)31-18-4-8-20(9-5-18)37-21-11-12-29-24(14-21)25(35)33-30-15-16-1-6-19(34)7-2-16/h1-15,34H,(H,33,35)(H2,31,32,36)/b30-15+. The van der Waals surface area contributed by atoms with E-state index in [0.717, 1.165) is 12.1 Å². The molecule has 0 saturated carbocycles. The van der Waals surface area contributed by atoms with Crippen molar-refractivity contribution in [1.82, 2.24) is 10.4 Å². The van der Waals surface area contributed by atoms with Crippen LogP contribution in [0.4, 0.5) is 25.0 Å². The molecule has 11 heteroatoms. The summed E-state index contributed by atoms with van der Waals surface area (Å²) in [6.07, 6.45) is 2.83. The topological polar surface area (TPSA) is 125 Å². The number of hydrazone groups is 1. The number of nitrogens with one attached hydrogen (secondary N) is 3. The van der Waals surface area contributed by atoms with E-state index in [2.05, 4.69) is 26.1 Å². The number of pyridine rings is 1. The van der Waals surface area contributed by atoms with Gasteiger partial charge in [0.2, 0.25) is 0 Å². The van der Waals surface area contributed by atoms with Gasteiger partial charge in [0.05, 0.1) is 11.9 Å². The van der Waals surface area contributed by atoms with Crippen LogP contribution in [-0.2, 0) is 0 Å². The molecule has 0 aliphatic carbocycles. The summed E-state index contributed by atoms with van der Waals surface area (Å²) in [6.45, 7) is 0. The lowest BCUT2D eigenvalue weighted by Gasteiger charge is -2.10. The number of phenolic OH excluding ortho intramolecular Hbond substituents is 1. The third kappa shape index (κ3) is 7.09. The van der Waals surface area contributed by atoms with Crippen molar-refractivity contribution in [3.63, 3.8) is 0 Å². The Kier molecular flexibility index (Phi) is 7.64. The third-order valence-corrected chi connectivity index (χ3v) is 4.76. The molecule has 3 aromatic carbocycles. The van der Waals surface area contributed by atoms with Gasteiger partial charge in [-0.1, -0.05) is 0 Å². The summed E-state index contributed by atoms with van der Waals surface area (Å²) in [4.78, 5) is 28.4. The van der Waals surface area contributed by atoms with Crippen molar-refractivity contribution in [2.75, 3.05) is 10.6 Å². The van der Waals surface area contributed by atoms with Crippen molar-refractivity contribution < 1.29 is 28.2 Å². The first-order chi connectivity index (χ1) is 17.9. The van der Waals surface area contributed by atoms with Crippen LogP contribution in [0, 0.1) is 11.6 Å². The van der Waals surface area contributed by atoms with Gasteiger partial charge in [0.1, 0.15) is 34.6 Å². The molecule has 9 nitrogen and oxygen atoms in total. The second-order valence-electron chi connectivity index (χ2n) is 7.50. The maximum atomic E-state index is 13.7. The number of anilines is 2. The molecule has 186 valence electrons. The van der Waals surface area contributed by atoms with Crippen LogP contribution in [0.25, 0.3) is 0 Å². The number of rotatable bonds is 7. The number of ether oxygens (including phenoxy) is 1. The number of nitrogens with zero attached hydrogens (tertiary/aromatic N) is 2. The van der Waals surface area contributed by atoms with Gasteiger partial charge in [-0.3, -0.25) is 9.78 Å². The van der Waals surface area contributed by atoms with E-state index in [9.17, 15) is 23.5 Å². The smallest absolute Gasteiger partial charge is 0.323 e. The molecule has 0 spiro atoms. The lowest BCUT2D eigenvalue weighted by Crippen LogP contribution is -2.20. The van der Waals surface area contributed by atoms with E-state index in [-0.39, 0.29) is 17.1 Å². The minimum Gasteiger partial charge on any atom is -0.508 e. The Morgan fingerprint density at radius 2 is 1.65 bits per heavy atom. The molecule has 0 aliphatic rings. The SMILES string of the molecule is O=C(Nc1ccc(Oc2ccnc(C(=O)N/N=C/c3ccc(O)cc3)c2)cc1)Nc1ccc(F)cc1F. The van der Waals surface area contributed by atoms with Gasteiger partial charge < -0.3 is 20.5 Å². The van der Waals surface area contributed by atoms with Crippen LogP contribution < -0.4 is 20.8 Å². The van der Waals surface area contributed by atoms with Crippen molar-refractivity contribution in [2.45, 2.75) is 0 Å². The van der Waals surface area contributed by atoms with Gasteiger partial charge in [-0.2, -0.15) is 5.10 Å². The Bertz CT molecular complexity index is 1440. The molecule has 0 atom stereocenters. The number of aromatic nitrogens is 1. The van der Waals surface area contributed by atoms with Crippen LogP contribution in [0.5, 0.6) is 17.2 Å². The molecule has 37 heavy (non-hydrogen) atoms. The molecule has 3 amide bonds. The summed E-state index contributed by atoms with van der Waals surface area (Å²) in [5, 5.41) is 18.0. The fourth-order valence-corrected chi connectivity index (χ4v) is 3.00. The number of carbonyl (C=O) groups is 2. The van der Waals surface area contributed by atoms with Crippen LogP contribution in [0.15, 0.2) is 90.2 Å². The second kappa shape index (κ2) is 11.4. The van der Waals surface area contributed by atoms with E-state index in [1.807, 2.05) is 0 Å². The van der Waals surface area contributed by atoms with Crippen molar-refractivity contribution >= 4 is 29.5 Å². The quantitative estimate of drug-likeness (QED) is 0.202. The number of hydrogen-bond acceptors (Lipinski definition) is 6. The maximum absolute atomic E-state index is 13.7. The number of amides is 3. The van der Waals surface area contributed by atoms with Crippen LogP contribution in [0.3, 0.4) is 0 Å². The molecule has 0 bridgehead atoms. The van der Waals surface area contributed by atoms with E-state index in [1.165, 1.54) is 30.6 Å². The van der Waals surface area contributed by atoms with Gasteiger partial charge in [0.25, 0.3) is 5.91 Å². The summed E-state index contributed by atoms with van der Waals surface area (Å²) in [5.74, 6) is -1.32. The fraction of sp³-hybridized carbons (Fsp3) is 0. The minimum absolute atomic E-state index is 0.0725. The predicted molar refractivity (Wildman–Crippen MR) is 133 cm³/mol. The Hall–Kier alpha value is -5.32. The van der Waals surface area contributed by atoms with E-state index in [4.69, 9.17) is 4.74 Å². The number of aromatic hydroxyl groups is 1. The van der Waals surface area contributed by atoms with Gasteiger partial charge in [0, 0.05) is 24.0 Å². The van der Waals surface area contributed by atoms with Crippen molar-refractivity contribution in [2.24, 2.45) is 5.10 Å². The van der Waals surface area contributed by atoms with E-state index < -0.39 is 23.6 Å². The molecule has 0 saturated heterocycles. The zero-order valence-corrected chi connectivity index (χ0v) is 19.0. The van der Waals surface area contributed by atoms with E-state index in [1.54, 1.807) is 42.5 Å². The molecule has 0 unspecified atom stereocenters. The zero-order valence-electron chi connectivity index (χ0n) is 19.0. The fourth-order valence-electron chi connectivity index (χ4n) is 3.00. The zero-order chi connectivity index (χ0) is 26.2. The summed E-state index contributed by atoms with van der Waals surface area (Å²) in [6, 6.07) is 17.6. The summed E-state index contributed by atoms with van der Waals surface area (Å²) in [5.41, 5.74) is 3.35. The number of halogens is 2. The Balaban J connectivity index is 1.32. The second-order valence-corrected chi connectivity index (χ2v) is 7.50. The average Bonchev–Trinajstić information content (AvgIpc) is 2.88. The van der Waals surface area contributed by atoms with Gasteiger partial charge in [-0.05, 0) is 72.3 Å². The van der Waals surface area contributed by atoms with Crippen molar-refractivity contribution in [3.8, 4) is 17.2 Å².